The highest BCUT2D eigenvalue weighted by atomic mass is 16.5. The Morgan fingerprint density at radius 2 is 1.50 bits per heavy atom. The smallest absolute Gasteiger partial charge is 0.321 e. The molecule has 30 heavy (non-hydrogen) atoms. The van der Waals surface area contributed by atoms with Gasteiger partial charge in [0.1, 0.15) is 10.8 Å². The van der Waals surface area contributed by atoms with Crippen LogP contribution >= 0.6 is 0 Å². The van der Waals surface area contributed by atoms with Crippen LogP contribution in [0.25, 0.3) is 0 Å². The number of carbonyl (C=O) groups is 2. The normalized spacial score (nSPS) is 24.1. The second kappa shape index (κ2) is 6.56. The molecular weight excluding hydrogens is 374 g/mol. The lowest BCUT2D eigenvalue weighted by molar-refractivity contribution is -0.148. The molecule has 1 amide bonds. The van der Waals surface area contributed by atoms with Crippen LogP contribution in [0.1, 0.15) is 35.6 Å². The van der Waals surface area contributed by atoms with Gasteiger partial charge in [-0.2, -0.15) is 0 Å². The maximum Gasteiger partial charge on any atom is 0.321 e. The predicted octanol–water partition coefficient (Wildman–Crippen LogP) is 4.20. The van der Waals surface area contributed by atoms with Crippen LogP contribution in [-0.4, -0.2) is 25.5 Å². The summed E-state index contributed by atoms with van der Waals surface area (Å²) in [6.07, 6.45) is 0.322. The summed E-state index contributed by atoms with van der Waals surface area (Å²) in [5, 5.41) is 0. The molecule has 4 nitrogen and oxygen atoms in total. The van der Waals surface area contributed by atoms with Crippen molar-refractivity contribution in [1.29, 1.82) is 0 Å². The van der Waals surface area contributed by atoms with Crippen LogP contribution in [0.15, 0.2) is 78.9 Å². The van der Waals surface area contributed by atoms with Crippen LogP contribution in [-0.2, 0) is 25.2 Å². The van der Waals surface area contributed by atoms with Crippen LogP contribution in [0, 0.1) is 0 Å². The second-order valence-corrected chi connectivity index (χ2v) is 8.00. The number of esters is 1. The zero-order valence-corrected chi connectivity index (χ0v) is 17.1. The Hall–Kier alpha value is -3.40. The molecule has 150 valence electrons. The zero-order chi connectivity index (χ0) is 20.9. The summed E-state index contributed by atoms with van der Waals surface area (Å²) in [4.78, 5) is 29.2. The fraction of sp³-hybridized carbons (Fsp3) is 0.231. The molecule has 4 heteroatoms. The van der Waals surface area contributed by atoms with E-state index in [4.69, 9.17) is 4.74 Å². The molecule has 2 unspecified atom stereocenters. The van der Waals surface area contributed by atoms with E-state index in [1.807, 2.05) is 92.8 Å². The van der Waals surface area contributed by atoms with Gasteiger partial charge in [0.15, 0.2) is 0 Å². The molecule has 2 aliphatic rings. The molecule has 3 aromatic rings. The fourth-order valence-corrected chi connectivity index (χ4v) is 5.42. The van der Waals surface area contributed by atoms with Crippen molar-refractivity contribution in [1.82, 2.24) is 0 Å². The van der Waals surface area contributed by atoms with E-state index in [-0.39, 0.29) is 18.5 Å². The molecule has 1 heterocycles. The van der Waals surface area contributed by atoms with Crippen molar-refractivity contribution in [2.45, 2.75) is 24.2 Å². The number of carbonyl (C=O) groups excluding carboxylic acids is 2. The molecule has 1 spiro atoms. The summed E-state index contributed by atoms with van der Waals surface area (Å²) >= 11 is 0. The van der Waals surface area contributed by atoms with Crippen molar-refractivity contribution in [3.8, 4) is 0 Å². The Balaban J connectivity index is 1.86. The van der Waals surface area contributed by atoms with Crippen molar-refractivity contribution in [2.75, 3.05) is 18.6 Å². The summed E-state index contributed by atoms with van der Waals surface area (Å²) in [5.41, 5.74) is 2.49. The molecule has 3 aromatic carbocycles. The average molecular weight is 397 g/mol. The highest BCUT2D eigenvalue weighted by molar-refractivity contribution is 6.12. The van der Waals surface area contributed by atoms with E-state index in [0.29, 0.717) is 6.42 Å². The summed E-state index contributed by atoms with van der Waals surface area (Å²) in [6, 6.07) is 25.4. The van der Waals surface area contributed by atoms with Crippen LogP contribution in [0.3, 0.4) is 0 Å². The third-order valence-electron chi connectivity index (χ3n) is 6.66. The maximum absolute atomic E-state index is 13.8. The first-order chi connectivity index (χ1) is 14.6. The lowest BCUT2D eigenvalue weighted by Crippen LogP contribution is -2.43. The molecule has 0 radical (unpaired) electrons. The molecule has 0 saturated heterocycles. The number of fused-ring (bicyclic) bond motifs is 4. The van der Waals surface area contributed by atoms with E-state index in [0.717, 1.165) is 27.9 Å². The minimum absolute atomic E-state index is 0.00162. The van der Waals surface area contributed by atoms with E-state index < -0.39 is 10.8 Å². The minimum atomic E-state index is -1.04. The van der Waals surface area contributed by atoms with Gasteiger partial charge in [0, 0.05) is 12.7 Å². The number of para-hydroxylation sites is 1. The average Bonchev–Trinajstić information content (AvgIpc) is 3.22. The molecule has 5 rings (SSSR count). The molecule has 0 N–H and O–H groups in total. The first-order valence-corrected chi connectivity index (χ1v) is 10.3. The molecular formula is C26H23NO3. The quantitative estimate of drug-likeness (QED) is 0.622. The first kappa shape index (κ1) is 18.6. The van der Waals surface area contributed by atoms with Gasteiger partial charge in [-0.1, -0.05) is 72.8 Å². The molecule has 0 saturated carbocycles. The summed E-state index contributed by atoms with van der Waals surface area (Å²) in [5.74, 6) is -0.307. The lowest BCUT2D eigenvalue weighted by atomic mass is 9.70. The van der Waals surface area contributed by atoms with E-state index in [1.165, 1.54) is 0 Å². The van der Waals surface area contributed by atoms with Gasteiger partial charge in [0.25, 0.3) is 0 Å². The molecule has 0 bridgehead atoms. The van der Waals surface area contributed by atoms with E-state index >= 15 is 0 Å². The lowest BCUT2D eigenvalue weighted by Gasteiger charge is -2.31. The van der Waals surface area contributed by atoms with Gasteiger partial charge >= 0.3 is 5.97 Å². The number of likely N-dealkylation sites (N-methyl/N-ethyl adjacent to an activating group) is 1. The van der Waals surface area contributed by atoms with E-state index in [1.54, 1.807) is 4.90 Å². The molecule has 0 fully saturated rings. The largest absolute Gasteiger partial charge is 0.465 e. The summed E-state index contributed by atoms with van der Waals surface area (Å²) in [6.45, 7) is 2.10. The minimum Gasteiger partial charge on any atom is -0.465 e. The number of ether oxygens (including phenoxy) is 1. The second-order valence-electron chi connectivity index (χ2n) is 8.00. The van der Waals surface area contributed by atoms with Gasteiger partial charge in [-0.15, -0.1) is 0 Å². The highest BCUT2D eigenvalue weighted by Crippen LogP contribution is 2.60. The van der Waals surface area contributed by atoms with Gasteiger partial charge in [-0.3, -0.25) is 9.59 Å². The van der Waals surface area contributed by atoms with Crippen molar-refractivity contribution in [3.63, 3.8) is 0 Å². The number of anilines is 1. The van der Waals surface area contributed by atoms with Crippen molar-refractivity contribution >= 4 is 17.6 Å². The Morgan fingerprint density at radius 1 is 0.900 bits per heavy atom. The summed E-state index contributed by atoms with van der Waals surface area (Å²) < 4.78 is 5.63. The number of amides is 1. The number of hydrogen-bond donors (Lipinski definition) is 0. The first-order valence-electron chi connectivity index (χ1n) is 10.3. The molecule has 0 aromatic heterocycles. The Bertz CT molecular complexity index is 1160. The number of hydrogen-bond acceptors (Lipinski definition) is 3. The van der Waals surface area contributed by atoms with Gasteiger partial charge in [-0.05, 0) is 41.7 Å². The monoisotopic (exact) mass is 397 g/mol. The van der Waals surface area contributed by atoms with Gasteiger partial charge in [-0.25, -0.2) is 0 Å². The van der Waals surface area contributed by atoms with Crippen LogP contribution in [0.4, 0.5) is 5.69 Å². The van der Waals surface area contributed by atoms with Crippen molar-refractivity contribution in [2.24, 2.45) is 0 Å². The van der Waals surface area contributed by atoms with Crippen molar-refractivity contribution < 1.29 is 14.3 Å². The number of rotatable bonds is 3. The van der Waals surface area contributed by atoms with Crippen molar-refractivity contribution in [3.05, 3.63) is 101 Å². The predicted molar refractivity (Wildman–Crippen MR) is 116 cm³/mol. The Kier molecular flexibility index (Phi) is 4.07. The summed E-state index contributed by atoms with van der Waals surface area (Å²) in [7, 11) is 1.81. The Morgan fingerprint density at radius 3 is 2.20 bits per heavy atom. The molecule has 1 aliphatic carbocycles. The van der Waals surface area contributed by atoms with E-state index in [2.05, 4.69) is 0 Å². The highest BCUT2D eigenvalue weighted by Gasteiger charge is 2.64. The van der Waals surface area contributed by atoms with Gasteiger partial charge in [0.05, 0.1) is 6.61 Å². The van der Waals surface area contributed by atoms with Gasteiger partial charge in [0.2, 0.25) is 5.91 Å². The molecule has 2 atom stereocenters. The zero-order valence-electron chi connectivity index (χ0n) is 17.1. The third-order valence-corrected chi connectivity index (χ3v) is 6.66. The van der Waals surface area contributed by atoms with Gasteiger partial charge < -0.3 is 9.64 Å². The van der Waals surface area contributed by atoms with Crippen LogP contribution in [0.5, 0.6) is 0 Å². The SMILES string of the molecule is CCOC(=O)C1(c2ccccc2)CC2(C(=O)N(C)c3ccccc32)c2ccccc21. The molecule has 1 aliphatic heterocycles. The maximum atomic E-state index is 13.8. The Labute approximate surface area is 176 Å². The number of nitrogens with zero attached hydrogens (tertiary/aromatic N) is 1. The van der Waals surface area contributed by atoms with Crippen LogP contribution < -0.4 is 4.90 Å². The van der Waals surface area contributed by atoms with E-state index in [9.17, 15) is 9.59 Å². The fourth-order valence-electron chi connectivity index (χ4n) is 5.42. The topological polar surface area (TPSA) is 46.6 Å². The third kappa shape index (κ3) is 2.16. The number of benzene rings is 3. The van der Waals surface area contributed by atoms with Crippen LogP contribution in [0.2, 0.25) is 0 Å². The standard InChI is InChI=1S/C26H23NO3/c1-3-30-24(29)25(18-11-5-4-6-12-18)17-26(20-14-8-7-13-19(20)25)21-15-9-10-16-22(21)27(2)23(26)28/h4-16H,3,17H2,1-2H3.